The van der Waals surface area contributed by atoms with E-state index in [0.717, 1.165) is 19.4 Å². The maximum Gasteiger partial charge on any atom is 0.266 e. The minimum Gasteiger partial charge on any atom is -0.399 e. The van der Waals surface area contributed by atoms with Gasteiger partial charge in [0.15, 0.2) is 0 Å². The molecule has 3 N–H and O–H groups in total. The van der Waals surface area contributed by atoms with Gasteiger partial charge in [0, 0.05) is 18.8 Å². The van der Waals surface area contributed by atoms with Crippen molar-refractivity contribution in [1.82, 2.24) is 9.21 Å². The molecule has 1 aromatic rings. The van der Waals surface area contributed by atoms with Gasteiger partial charge in [0.1, 0.15) is 0 Å². The molecule has 7 heteroatoms. The fourth-order valence-corrected chi connectivity index (χ4v) is 4.29. The molecule has 0 saturated carbocycles. The van der Waals surface area contributed by atoms with Crippen molar-refractivity contribution in [2.24, 2.45) is 0 Å². The maximum absolute atomic E-state index is 12.9. The normalized spacial score (nSPS) is 19.0. The minimum atomic E-state index is -3.71. The highest BCUT2D eigenvalue weighted by molar-refractivity contribution is 7.89. The van der Waals surface area contributed by atoms with Gasteiger partial charge >= 0.3 is 0 Å². The highest BCUT2D eigenvalue weighted by Crippen LogP contribution is 2.27. The van der Waals surface area contributed by atoms with E-state index in [1.807, 2.05) is 11.8 Å². The fourth-order valence-electron chi connectivity index (χ4n) is 2.63. The Kier molecular flexibility index (Phi) is 4.95. The summed E-state index contributed by atoms with van der Waals surface area (Å²) in [7, 11) is -3.71. The van der Waals surface area contributed by atoms with Gasteiger partial charge in [-0.3, -0.25) is 5.41 Å². The first-order chi connectivity index (χ1) is 10.4. The Morgan fingerprint density at radius 2 is 1.91 bits per heavy atom. The monoisotopic (exact) mass is 324 g/mol. The molecule has 1 fully saturated rings. The molecule has 1 atom stereocenters. The number of nitrogens with zero attached hydrogens (tertiary/aromatic N) is 2. The molecule has 1 aromatic carbocycles. The lowest BCUT2D eigenvalue weighted by atomic mass is 10.2. The zero-order valence-electron chi connectivity index (χ0n) is 13.1. The van der Waals surface area contributed by atoms with E-state index < -0.39 is 10.0 Å². The van der Waals surface area contributed by atoms with E-state index >= 15 is 0 Å². The maximum atomic E-state index is 12.9. The summed E-state index contributed by atoms with van der Waals surface area (Å²) in [5.41, 5.74) is 6.14. The molecule has 0 aliphatic carbocycles. The van der Waals surface area contributed by atoms with Crippen LogP contribution in [0.4, 0.5) is 5.69 Å². The highest BCUT2D eigenvalue weighted by Gasteiger charge is 2.41. The zero-order valence-corrected chi connectivity index (χ0v) is 13.9. The predicted octanol–water partition coefficient (Wildman–Crippen LogP) is 2.09. The summed E-state index contributed by atoms with van der Waals surface area (Å²) in [4.78, 5) is 2.04. The molecule has 22 heavy (non-hydrogen) atoms. The van der Waals surface area contributed by atoms with Gasteiger partial charge < -0.3 is 10.6 Å². The molecule has 1 unspecified atom stereocenters. The van der Waals surface area contributed by atoms with E-state index in [1.54, 1.807) is 12.1 Å². The zero-order chi connectivity index (χ0) is 16.3. The van der Waals surface area contributed by atoms with Crippen molar-refractivity contribution in [2.45, 2.75) is 44.0 Å². The van der Waals surface area contributed by atoms with Crippen LogP contribution < -0.4 is 5.73 Å². The van der Waals surface area contributed by atoms with Crippen LogP contribution in [-0.4, -0.2) is 42.7 Å². The predicted molar refractivity (Wildman–Crippen MR) is 88.2 cm³/mol. The molecule has 0 bridgehead atoms. The van der Waals surface area contributed by atoms with Crippen LogP contribution in [0.15, 0.2) is 29.2 Å². The lowest BCUT2D eigenvalue weighted by Crippen LogP contribution is -2.40. The van der Waals surface area contributed by atoms with Crippen LogP contribution in [0.3, 0.4) is 0 Å². The SMILES string of the molecule is CCCCN1CC(CC)N(S(=O)(=O)c2ccc(N)cc2)C1=N. The van der Waals surface area contributed by atoms with E-state index in [0.29, 0.717) is 18.7 Å². The summed E-state index contributed by atoms with van der Waals surface area (Å²) in [5, 5.41) is 8.27. The van der Waals surface area contributed by atoms with Gasteiger partial charge in [0.05, 0.1) is 10.9 Å². The van der Waals surface area contributed by atoms with Crippen molar-refractivity contribution in [3.05, 3.63) is 24.3 Å². The molecule has 0 amide bonds. The Hall–Kier alpha value is -1.76. The van der Waals surface area contributed by atoms with Gasteiger partial charge in [-0.15, -0.1) is 0 Å². The average molecular weight is 324 g/mol. The lowest BCUT2D eigenvalue weighted by Gasteiger charge is -2.24. The van der Waals surface area contributed by atoms with Crippen molar-refractivity contribution in [1.29, 1.82) is 5.41 Å². The second kappa shape index (κ2) is 6.56. The number of sulfonamides is 1. The Labute approximate surface area is 132 Å². The van der Waals surface area contributed by atoms with Crippen molar-refractivity contribution >= 4 is 21.7 Å². The molecule has 1 aliphatic rings. The number of nitrogens with two attached hydrogens (primary N) is 1. The Morgan fingerprint density at radius 1 is 1.27 bits per heavy atom. The smallest absolute Gasteiger partial charge is 0.266 e. The van der Waals surface area contributed by atoms with Crippen molar-refractivity contribution in [2.75, 3.05) is 18.8 Å². The van der Waals surface area contributed by atoms with Gasteiger partial charge in [0.2, 0.25) is 5.96 Å². The average Bonchev–Trinajstić information content (AvgIpc) is 2.82. The second-order valence-corrected chi connectivity index (χ2v) is 7.37. The lowest BCUT2D eigenvalue weighted by molar-refractivity contribution is 0.398. The first kappa shape index (κ1) is 16.6. The van der Waals surface area contributed by atoms with Crippen LogP contribution in [0.25, 0.3) is 0 Å². The van der Waals surface area contributed by atoms with E-state index in [2.05, 4.69) is 6.92 Å². The summed E-state index contributed by atoms with van der Waals surface area (Å²) < 4.78 is 27.0. The number of anilines is 1. The molecule has 1 aliphatic heterocycles. The summed E-state index contributed by atoms with van der Waals surface area (Å²) in [6.45, 7) is 5.34. The number of rotatable bonds is 6. The second-order valence-electron chi connectivity index (χ2n) is 5.56. The molecule has 1 saturated heterocycles. The van der Waals surface area contributed by atoms with Crippen molar-refractivity contribution in [3.8, 4) is 0 Å². The molecule has 2 rings (SSSR count). The van der Waals surface area contributed by atoms with Gasteiger partial charge in [-0.1, -0.05) is 20.3 Å². The summed E-state index contributed by atoms with van der Waals surface area (Å²) >= 11 is 0. The van der Waals surface area contributed by atoms with E-state index in [1.165, 1.54) is 16.4 Å². The molecule has 1 heterocycles. The Morgan fingerprint density at radius 3 is 2.45 bits per heavy atom. The third-order valence-corrected chi connectivity index (χ3v) is 5.82. The van der Waals surface area contributed by atoms with Gasteiger partial charge in [-0.05, 0) is 37.1 Å². The first-order valence-corrected chi connectivity index (χ1v) is 9.09. The topological polar surface area (TPSA) is 90.5 Å². The Bertz CT molecular complexity index is 627. The quantitative estimate of drug-likeness (QED) is 0.784. The van der Waals surface area contributed by atoms with Gasteiger partial charge in [-0.2, -0.15) is 0 Å². The largest absolute Gasteiger partial charge is 0.399 e. The van der Waals surface area contributed by atoms with Crippen LogP contribution in [0.5, 0.6) is 0 Å². The number of hydrogen-bond acceptors (Lipinski definition) is 4. The minimum absolute atomic E-state index is 0.0807. The third kappa shape index (κ3) is 3.04. The summed E-state index contributed by atoms with van der Waals surface area (Å²) in [6.07, 6.45) is 2.65. The van der Waals surface area contributed by atoms with E-state index in [-0.39, 0.29) is 16.9 Å². The van der Waals surface area contributed by atoms with Crippen molar-refractivity contribution < 1.29 is 8.42 Å². The van der Waals surface area contributed by atoms with Crippen molar-refractivity contribution in [3.63, 3.8) is 0 Å². The molecule has 6 nitrogen and oxygen atoms in total. The third-order valence-electron chi connectivity index (χ3n) is 3.96. The van der Waals surface area contributed by atoms with Gasteiger partial charge in [0.25, 0.3) is 10.0 Å². The van der Waals surface area contributed by atoms with Crippen LogP contribution in [0, 0.1) is 5.41 Å². The highest BCUT2D eigenvalue weighted by atomic mass is 32.2. The molecule has 0 radical (unpaired) electrons. The standard InChI is InChI=1S/C15H24N4O2S/c1-3-5-10-18-11-13(4-2)19(15(18)17)22(20,21)14-8-6-12(16)7-9-14/h6-9,13,17H,3-5,10-11,16H2,1-2H3. The summed E-state index contributed by atoms with van der Waals surface area (Å²) in [6, 6.07) is 5.95. The van der Waals surface area contributed by atoms with E-state index in [9.17, 15) is 8.42 Å². The Balaban J connectivity index is 2.31. The van der Waals surface area contributed by atoms with E-state index in [4.69, 9.17) is 11.1 Å². The van der Waals surface area contributed by atoms with Crippen LogP contribution in [0.1, 0.15) is 33.1 Å². The molecule has 0 spiro atoms. The number of guanidine groups is 1. The molecule has 0 aromatic heterocycles. The first-order valence-electron chi connectivity index (χ1n) is 7.65. The molecule has 122 valence electrons. The summed E-state index contributed by atoms with van der Waals surface area (Å²) in [5.74, 6) is 0.0807. The number of nitrogen functional groups attached to an aromatic ring is 1. The number of unbranched alkanes of at least 4 members (excludes halogenated alkanes) is 1. The van der Waals surface area contributed by atoms with Gasteiger partial charge in [-0.25, -0.2) is 12.7 Å². The molecular weight excluding hydrogens is 300 g/mol. The number of benzene rings is 1. The number of hydrogen-bond donors (Lipinski definition) is 2. The molecular formula is C15H24N4O2S. The van der Waals surface area contributed by atoms with Crippen LogP contribution >= 0.6 is 0 Å². The number of nitrogens with one attached hydrogen (secondary N) is 1. The fraction of sp³-hybridized carbons (Fsp3) is 0.533. The van der Waals surface area contributed by atoms with Crippen LogP contribution in [-0.2, 0) is 10.0 Å². The van der Waals surface area contributed by atoms with Crippen LogP contribution in [0.2, 0.25) is 0 Å².